The molecule has 2 rings (SSSR count). The van der Waals surface area contributed by atoms with Gasteiger partial charge in [-0.05, 0) is 36.2 Å². The predicted octanol–water partition coefficient (Wildman–Crippen LogP) is 4.15. The molecule has 0 spiro atoms. The largest absolute Gasteiger partial charge is 0.389 e. The van der Waals surface area contributed by atoms with Gasteiger partial charge in [0.15, 0.2) is 0 Å². The fourth-order valence-electron chi connectivity index (χ4n) is 2.19. The molecule has 0 bridgehead atoms. The van der Waals surface area contributed by atoms with Gasteiger partial charge in [0.25, 0.3) is 0 Å². The van der Waals surface area contributed by atoms with Crippen molar-refractivity contribution in [2.45, 2.75) is 25.4 Å². The lowest BCUT2D eigenvalue weighted by Gasteiger charge is -2.24. The maximum absolute atomic E-state index is 13.6. The zero-order chi connectivity index (χ0) is 14.8. The molecule has 1 atom stereocenters. The summed E-state index contributed by atoms with van der Waals surface area (Å²) in [4.78, 5) is 0. The Kier molecular flexibility index (Phi) is 4.41. The molecule has 1 unspecified atom stereocenters. The first kappa shape index (κ1) is 14.9. The summed E-state index contributed by atoms with van der Waals surface area (Å²) in [6, 6.07) is 10.3. The van der Waals surface area contributed by atoms with Crippen LogP contribution in [0.5, 0.6) is 0 Å². The average Bonchev–Trinajstić information content (AvgIpc) is 2.35. The van der Waals surface area contributed by atoms with E-state index >= 15 is 0 Å². The molecule has 0 radical (unpaired) electrons. The summed E-state index contributed by atoms with van der Waals surface area (Å²) in [5.41, 5.74) is -0.0888. The highest BCUT2D eigenvalue weighted by molar-refractivity contribution is 6.31. The van der Waals surface area contributed by atoms with E-state index in [1.54, 1.807) is 25.1 Å². The van der Waals surface area contributed by atoms with Crippen LogP contribution in [-0.4, -0.2) is 10.7 Å². The van der Waals surface area contributed by atoms with E-state index in [9.17, 15) is 13.9 Å². The van der Waals surface area contributed by atoms with Crippen LogP contribution in [0.4, 0.5) is 8.78 Å². The van der Waals surface area contributed by atoms with Gasteiger partial charge in [-0.15, -0.1) is 0 Å². The molecule has 1 N–H and O–H groups in total. The van der Waals surface area contributed by atoms with Gasteiger partial charge in [0.1, 0.15) is 11.6 Å². The lowest BCUT2D eigenvalue weighted by molar-refractivity contribution is 0.0599. The van der Waals surface area contributed by atoms with Gasteiger partial charge in [0, 0.05) is 17.9 Å². The predicted molar refractivity (Wildman–Crippen MR) is 75.8 cm³/mol. The number of rotatable bonds is 4. The fraction of sp³-hybridized carbons (Fsp3) is 0.250. The van der Waals surface area contributed by atoms with Gasteiger partial charge in [-0.1, -0.05) is 35.9 Å². The molecule has 106 valence electrons. The van der Waals surface area contributed by atoms with Gasteiger partial charge < -0.3 is 5.11 Å². The summed E-state index contributed by atoms with van der Waals surface area (Å²) >= 11 is 5.94. The van der Waals surface area contributed by atoms with E-state index in [0.717, 1.165) is 0 Å². The highest BCUT2D eigenvalue weighted by atomic mass is 35.5. The molecular formula is C16H15ClF2O. The molecule has 0 fully saturated rings. The van der Waals surface area contributed by atoms with Crippen LogP contribution in [0.25, 0.3) is 0 Å². The van der Waals surface area contributed by atoms with Crippen LogP contribution in [0, 0.1) is 11.6 Å². The summed E-state index contributed by atoms with van der Waals surface area (Å²) in [5.74, 6) is -0.773. The van der Waals surface area contributed by atoms with Crippen molar-refractivity contribution in [3.05, 3.63) is 70.2 Å². The first-order valence-electron chi connectivity index (χ1n) is 6.27. The molecule has 0 aliphatic heterocycles. The van der Waals surface area contributed by atoms with E-state index < -0.39 is 11.4 Å². The minimum absolute atomic E-state index is 0.160. The number of aliphatic hydroxyl groups is 1. The highest BCUT2D eigenvalue weighted by Crippen LogP contribution is 2.25. The van der Waals surface area contributed by atoms with Crippen LogP contribution in [0.15, 0.2) is 42.5 Å². The number of halogens is 3. The maximum Gasteiger partial charge on any atom is 0.126 e. The Morgan fingerprint density at radius 2 is 1.70 bits per heavy atom. The van der Waals surface area contributed by atoms with Crippen LogP contribution in [-0.2, 0) is 12.8 Å². The first-order chi connectivity index (χ1) is 9.37. The third kappa shape index (κ3) is 3.78. The van der Waals surface area contributed by atoms with E-state index in [-0.39, 0.29) is 23.7 Å². The molecule has 0 saturated heterocycles. The lowest BCUT2D eigenvalue weighted by atomic mass is 9.89. The fourth-order valence-corrected chi connectivity index (χ4v) is 2.42. The third-order valence-electron chi connectivity index (χ3n) is 3.12. The number of hydrogen-bond donors (Lipinski definition) is 1. The number of benzene rings is 2. The Hall–Kier alpha value is -1.45. The van der Waals surface area contributed by atoms with Crippen molar-refractivity contribution in [1.82, 2.24) is 0 Å². The van der Waals surface area contributed by atoms with E-state index in [1.165, 1.54) is 24.3 Å². The van der Waals surface area contributed by atoms with Crippen molar-refractivity contribution in [2.24, 2.45) is 0 Å². The second kappa shape index (κ2) is 5.90. The van der Waals surface area contributed by atoms with Crippen molar-refractivity contribution >= 4 is 11.6 Å². The monoisotopic (exact) mass is 296 g/mol. The van der Waals surface area contributed by atoms with Gasteiger partial charge in [-0.3, -0.25) is 0 Å². The standard InChI is InChI=1S/C16H15ClF2O/c1-16(20,10-12-4-2-3-5-15(12)19)9-11-6-7-13(18)8-14(11)17/h2-8,20H,9-10H2,1H3. The molecule has 0 saturated carbocycles. The van der Waals surface area contributed by atoms with Gasteiger partial charge in [0.2, 0.25) is 0 Å². The zero-order valence-electron chi connectivity index (χ0n) is 11.0. The third-order valence-corrected chi connectivity index (χ3v) is 3.47. The van der Waals surface area contributed by atoms with Gasteiger partial charge in [-0.2, -0.15) is 0 Å². The maximum atomic E-state index is 13.6. The van der Waals surface area contributed by atoms with E-state index in [0.29, 0.717) is 11.1 Å². The highest BCUT2D eigenvalue weighted by Gasteiger charge is 2.24. The average molecular weight is 297 g/mol. The Bertz CT molecular complexity index is 611. The van der Waals surface area contributed by atoms with Crippen LogP contribution in [0.2, 0.25) is 5.02 Å². The summed E-state index contributed by atoms with van der Waals surface area (Å²) in [5, 5.41) is 10.7. The molecule has 0 amide bonds. The van der Waals surface area contributed by atoms with E-state index in [4.69, 9.17) is 11.6 Å². The van der Waals surface area contributed by atoms with E-state index in [1.807, 2.05) is 0 Å². The smallest absolute Gasteiger partial charge is 0.126 e. The summed E-state index contributed by atoms with van der Waals surface area (Å²) in [7, 11) is 0. The van der Waals surface area contributed by atoms with Gasteiger partial charge in [-0.25, -0.2) is 8.78 Å². The molecule has 2 aromatic carbocycles. The molecule has 20 heavy (non-hydrogen) atoms. The molecule has 1 nitrogen and oxygen atoms in total. The second-order valence-corrected chi connectivity index (χ2v) is 5.58. The van der Waals surface area contributed by atoms with E-state index in [2.05, 4.69) is 0 Å². The summed E-state index contributed by atoms with van der Waals surface area (Å²) in [6.07, 6.45) is 0.383. The van der Waals surface area contributed by atoms with Crippen LogP contribution in [0.1, 0.15) is 18.1 Å². The SMILES string of the molecule is CC(O)(Cc1ccccc1F)Cc1ccc(F)cc1Cl. The van der Waals surface area contributed by atoms with Crippen molar-refractivity contribution < 1.29 is 13.9 Å². The van der Waals surface area contributed by atoms with Crippen molar-refractivity contribution in [1.29, 1.82) is 0 Å². The molecule has 2 aromatic rings. The Labute approximate surface area is 121 Å². The Morgan fingerprint density at radius 1 is 1.05 bits per heavy atom. The molecule has 0 heterocycles. The summed E-state index contributed by atoms with van der Waals surface area (Å²) < 4.78 is 26.6. The van der Waals surface area contributed by atoms with Crippen LogP contribution in [0.3, 0.4) is 0 Å². The summed E-state index contributed by atoms with van der Waals surface area (Å²) in [6.45, 7) is 1.61. The minimum Gasteiger partial charge on any atom is -0.389 e. The van der Waals surface area contributed by atoms with Crippen LogP contribution < -0.4 is 0 Å². The van der Waals surface area contributed by atoms with Crippen molar-refractivity contribution in [2.75, 3.05) is 0 Å². The molecule has 0 aliphatic rings. The first-order valence-corrected chi connectivity index (χ1v) is 6.65. The Balaban J connectivity index is 2.17. The van der Waals surface area contributed by atoms with Gasteiger partial charge in [0.05, 0.1) is 5.60 Å². The van der Waals surface area contributed by atoms with Crippen molar-refractivity contribution in [3.63, 3.8) is 0 Å². The number of hydrogen-bond acceptors (Lipinski definition) is 1. The molecule has 0 aromatic heterocycles. The molecular weight excluding hydrogens is 282 g/mol. The minimum atomic E-state index is -1.16. The second-order valence-electron chi connectivity index (χ2n) is 5.18. The quantitative estimate of drug-likeness (QED) is 0.898. The Morgan fingerprint density at radius 3 is 2.35 bits per heavy atom. The van der Waals surface area contributed by atoms with Crippen molar-refractivity contribution in [3.8, 4) is 0 Å². The molecule has 4 heteroatoms. The molecule has 0 aliphatic carbocycles. The zero-order valence-corrected chi connectivity index (χ0v) is 11.8. The topological polar surface area (TPSA) is 20.2 Å². The normalized spacial score (nSPS) is 14.1. The van der Waals surface area contributed by atoms with Crippen LogP contribution >= 0.6 is 11.6 Å². The van der Waals surface area contributed by atoms with Gasteiger partial charge >= 0.3 is 0 Å². The lowest BCUT2D eigenvalue weighted by Crippen LogP contribution is -2.30.